The Morgan fingerprint density at radius 2 is 2.10 bits per heavy atom. The molecule has 1 heterocycles. The summed E-state index contributed by atoms with van der Waals surface area (Å²) in [5.41, 5.74) is 9.14. The molecule has 1 amide bonds. The fraction of sp³-hybridized carbons (Fsp3) is 0.333. The molecule has 0 spiro atoms. The zero-order valence-corrected chi connectivity index (χ0v) is 12.4. The van der Waals surface area contributed by atoms with Crippen LogP contribution in [0.15, 0.2) is 18.2 Å². The second kappa shape index (κ2) is 5.95. The van der Waals surface area contributed by atoms with Gasteiger partial charge >= 0.3 is 0 Å². The fourth-order valence-electron chi connectivity index (χ4n) is 2.06. The fourth-order valence-corrected chi connectivity index (χ4v) is 2.06. The quantitative estimate of drug-likeness (QED) is 0.850. The third kappa shape index (κ3) is 3.39. The van der Waals surface area contributed by atoms with E-state index in [0.717, 1.165) is 17.0 Å². The first-order valence-corrected chi connectivity index (χ1v) is 6.74. The van der Waals surface area contributed by atoms with E-state index in [1.54, 1.807) is 0 Å². The van der Waals surface area contributed by atoms with Gasteiger partial charge in [0.2, 0.25) is 5.91 Å². The molecule has 112 valence electrons. The van der Waals surface area contributed by atoms with Crippen LogP contribution in [-0.2, 0) is 11.3 Å². The molecule has 0 aliphatic carbocycles. The maximum atomic E-state index is 13.0. The van der Waals surface area contributed by atoms with Gasteiger partial charge in [0.05, 0.1) is 11.4 Å². The predicted octanol–water partition coefficient (Wildman–Crippen LogP) is 2.56. The lowest BCUT2D eigenvalue weighted by atomic mass is 10.2. The first-order chi connectivity index (χ1) is 9.88. The number of aromatic nitrogens is 2. The summed E-state index contributed by atoms with van der Waals surface area (Å²) in [7, 11) is 0. The van der Waals surface area contributed by atoms with Gasteiger partial charge in [0, 0.05) is 24.3 Å². The summed E-state index contributed by atoms with van der Waals surface area (Å²) >= 11 is 0. The molecule has 0 atom stereocenters. The molecule has 2 aromatic rings. The number of hydrogen-bond donors (Lipinski definition) is 2. The molecule has 1 aromatic carbocycles. The molecule has 1 aromatic heterocycles. The highest BCUT2D eigenvalue weighted by Crippen LogP contribution is 2.17. The lowest BCUT2D eigenvalue weighted by molar-refractivity contribution is -0.116. The molecule has 21 heavy (non-hydrogen) atoms. The van der Waals surface area contributed by atoms with Gasteiger partial charge in [0.1, 0.15) is 5.82 Å². The number of hydrogen-bond acceptors (Lipinski definition) is 3. The van der Waals surface area contributed by atoms with E-state index in [0.29, 0.717) is 18.7 Å². The molecular formula is C15H19FN4O. The van der Waals surface area contributed by atoms with Crippen molar-refractivity contribution in [3.8, 4) is 0 Å². The average molecular weight is 290 g/mol. The van der Waals surface area contributed by atoms with Crippen molar-refractivity contribution >= 4 is 17.3 Å². The standard InChI is InChI=1S/C15H19FN4O/c1-9-10(2)19-20(11(9)3)7-6-15(21)18-12-4-5-13(16)14(17)8-12/h4-5,8H,6-7,17H2,1-3H3,(H,18,21). The number of anilines is 2. The van der Waals surface area contributed by atoms with Gasteiger partial charge in [0.25, 0.3) is 0 Å². The molecule has 2 rings (SSSR count). The molecule has 0 unspecified atom stereocenters. The van der Waals surface area contributed by atoms with E-state index in [4.69, 9.17) is 5.73 Å². The molecule has 3 N–H and O–H groups in total. The molecule has 0 saturated carbocycles. The Morgan fingerprint density at radius 1 is 1.38 bits per heavy atom. The lowest BCUT2D eigenvalue weighted by Gasteiger charge is -2.07. The van der Waals surface area contributed by atoms with Gasteiger partial charge in [-0.15, -0.1) is 0 Å². The van der Waals surface area contributed by atoms with E-state index in [9.17, 15) is 9.18 Å². The van der Waals surface area contributed by atoms with Crippen LogP contribution in [0.25, 0.3) is 0 Å². The van der Waals surface area contributed by atoms with Gasteiger partial charge in [-0.2, -0.15) is 5.10 Å². The molecule has 0 aliphatic heterocycles. The summed E-state index contributed by atoms with van der Waals surface area (Å²) in [5, 5.41) is 7.08. The van der Waals surface area contributed by atoms with Gasteiger partial charge in [-0.25, -0.2) is 4.39 Å². The monoisotopic (exact) mass is 290 g/mol. The molecule has 0 bridgehead atoms. The van der Waals surface area contributed by atoms with E-state index in [1.165, 1.54) is 18.2 Å². The van der Waals surface area contributed by atoms with Crippen LogP contribution in [0.1, 0.15) is 23.4 Å². The number of nitrogen functional groups attached to an aromatic ring is 1. The zero-order chi connectivity index (χ0) is 15.6. The number of rotatable bonds is 4. The van der Waals surface area contributed by atoms with Crippen LogP contribution < -0.4 is 11.1 Å². The van der Waals surface area contributed by atoms with Crippen molar-refractivity contribution in [2.45, 2.75) is 33.7 Å². The number of nitrogens with two attached hydrogens (primary N) is 1. The molecule has 0 fully saturated rings. The summed E-state index contributed by atoms with van der Waals surface area (Å²) in [4.78, 5) is 11.9. The Kier molecular flexibility index (Phi) is 4.26. The van der Waals surface area contributed by atoms with E-state index in [-0.39, 0.29) is 11.6 Å². The first kappa shape index (κ1) is 15.0. The van der Waals surface area contributed by atoms with Crippen molar-refractivity contribution in [2.24, 2.45) is 0 Å². The normalized spacial score (nSPS) is 10.7. The average Bonchev–Trinajstić information content (AvgIpc) is 2.68. The SMILES string of the molecule is Cc1nn(CCC(=O)Nc2ccc(F)c(N)c2)c(C)c1C. The minimum atomic E-state index is -0.494. The first-order valence-electron chi connectivity index (χ1n) is 6.74. The summed E-state index contributed by atoms with van der Waals surface area (Å²) in [5.74, 6) is -0.655. The minimum Gasteiger partial charge on any atom is -0.396 e. The van der Waals surface area contributed by atoms with Crippen molar-refractivity contribution in [2.75, 3.05) is 11.1 Å². The number of nitrogens with zero attached hydrogens (tertiary/aromatic N) is 2. The third-order valence-electron chi connectivity index (χ3n) is 3.57. The van der Waals surface area contributed by atoms with Crippen molar-refractivity contribution in [3.63, 3.8) is 0 Å². The van der Waals surface area contributed by atoms with Gasteiger partial charge < -0.3 is 11.1 Å². The van der Waals surface area contributed by atoms with E-state index in [1.807, 2.05) is 25.5 Å². The predicted molar refractivity (Wildman–Crippen MR) is 80.5 cm³/mol. The molecule has 5 nitrogen and oxygen atoms in total. The van der Waals surface area contributed by atoms with Crippen molar-refractivity contribution in [3.05, 3.63) is 41.0 Å². The second-order valence-corrected chi connectivity index (χ2v) is 5.05. The van der Waals surface area contributed by atoms with Gasteiger partial charge in [-0.1, -0.05) is 0 Å². The van der Waals surface area contributed by atoms with Crippen LogP contribution in [0.2, 0.25) is 0 Å². The van der Waals surface area contributed by atoms with Gasteiger partial charge in [0.15, 0.2) is 0 Å². The van der Waals surface area contributed by atoms with E-state index in [2.05, 4.69) is 10.4 Å². The van der Waals surface area contributed by atoms with Crippen LogP contribution in [-0.4, -0.2) is 15.7 Å². The molecule has 0 saturated heterocycles. The number of amides is 1. The van der Waals surface area contributed by atoms with Crippen LogP contribution in [0.4, 0.5) is 15.8 Å². The van der Waals surface area contributed by atoms with Gasteiger partial charge in [-0.05, 0) is 44.5 Å². The summed E-state index contributed by atoms with van der Waals surface area (Å²) in [6.45, 7) is 6.44. The second-order valence-electron chi connectivity index (χ2n) is 5.05. The highest BCUT2D eigenvalue weighted by atomic mass is 19.1. The lowest BCUT2D eigenvalue weighted by Crippen LogP contribution is -2.15. The van der Waals surface area contributed by atoms with E-state index >= 15 is 0 Å². The molecule has 0 radical (unpaired) electrons. The van der Waals surface area contributed by atoms with Crippen LogP contribution in [0, 0.1) is 26.6 Å². The molecule has 0 aliphatic rings. The van der Waals surface area contributed by atoms with Crippen LogP contribution in [0.3, 0.4) is 0 Å². The maximum absolute atomic E-state index is 13.0. The third-order valence-corrected chi connectivity index (χ3v) is 3.57. The number of aryl methyl sites for hydroxylation is 2. The molecule has 6 heteroatoms. The van der Waals surface area contributed by atoms with E-state index < -0.39 is 5.82 Å². The summed E-state index contributed by atoms with van der Waals surface area (Å²) < 4.78 is 14.9. The maximum Gasteiger partial charge on any atom is 0.226 e. The number of carbonyl (C=O) groups is 1. The Hall–Kier alpha value is -2.37. The van der Waals surface area contributed by atoms with Crippen molar-refractivity contribution in [1.29, 1.82) is 0 Å². The Bertz CT molecular complexity index is 679. The van der Waals surface area contributed by atoms with Crippen LogP contribution >= 0.6 is 0 Å². The Balaban J connectivity index is 1.95. The minimum absolute atomic E-state index is 0.0157. The van der Waals surface area contributed by atoms with Crippen molar-refractivity contribution < 1.29 is 9.18 Å². The summed E-state index contributed by atoms with van der Waals surface area (Å²) in [6, 6.07) is 4.12. The topological polar surface area (TPSA) is 72.9 Å². The van der Waals surface area contributed by atoms with Crippen molar-refractivity contribution in [1.82, 2.24) is 9.78 Å². The Labute approximate surface area is 123 Å². The number of benzene rings is 1. The Morgan fingerprint density at radius 3 is 2.67 bits per heavy atom. The van der Waals surface area contributed by atoms with Crippen LogP contribution in [0.5, 0.6) is 0 Å². The largest absolute Gasteiger partial charge is 0.396 e. The number of nitrogens with one attached hydrogen (secondary N) is 1. The van der Waals surface area contributed by atoms with Gasteiger partial charge in [-0.3, -0.25) is 9.48 Å². The highest BCUT2D eigenvalue weighted by molar-refractivity contribution is 5.91. The highest BCUT2D eigenvalue weighted by Gasteiger charge is 2.09. The zero-order valence-electron chi connectivity index (χ0n) is 12.4. The molecular weight excluding hydrogens is 271 g/mol. The summed E-state index contributed by atoms with van der Waals surface area (Å²) in [6.07, 6.45) is 0.290. The number of halogens is 1. The smallest absolute Gasteiger partial charge is 0.226 e. The number of carbonyl (C=O) groups excluding carboxylic acids is 1.